The zero-order valence-electron chi connectivity index (χ0n) is 8.95. The van der Waals surface area contributed by atoms with Crippen molar-refractivity contribution in [2.75, 3.05) is 5.32 Å². The maximum absolute atomic E-state index is 10.6. The molecule has 1 atom stereocenters. The molecular formula is C11H11ClN2O2. The fourth-order valence-electron chi connectivity index (χ4n) is 1.24. The molecule has 16 heavy (non-hydrogen) atoms. The molecule has 5 heteroatoms. The lowest BCUT2D eigenvalue weighted by Crippen LogP contribution is -2.13. The molecule has 0 fully saturated rings. The fraction of sp³-hybridized carbons (Fsp3) is 0.273. The van der Waals surface area contributed by atoms with Gasteiger partial charge in [0.25, 0.3) is 5.69 Å². The number of hydrogen-bond donors (Lipinski definition) is 1. The van der Waals surface area contributed by atoms with Crippen molar-refractivity contribution in [3.05, 3.63) is 32.8 Å². The van der Waals surface area contributed by atoms with Gasteiger partial charge in [-0.05, 0) is 25.5 Å². The van der Waals surface area contributed by atoms with E-state index in [-0.39, 0.29) is 16.8 Å². The van der Waals surface area contributed by atoms with Gasteiger partial charge in [0.2, 0.25) is 0 Å². The highest BCUT2D eigenvalue weighted by Crippen LogP contribution is 2.30. The highest BCUT2D eigenvalue weighted by atomic mass is 35.5. The van der Waals surface area contributed by atoms with E-state index >= 15 is 0 Å². The van der Waals surface area contributed by atoms with Crippen molar-refractivity contribution in [3.8, 4) is 12.3 Å². The van der Waals surface area contributed by atoms with Crippen LogP contribution in [0.1, 0.15) is 12.5 Å². The van der Waals surface area contributed by atoms with Crippen LogP contribution in [-0.4, -0.2) is 11.0 Å². The summed E-state index contributed by atoms with van der Waals surface area (Å²) < 4.78 is 0. The fourth-order valence-corrected chi connectivity index (χ4v) is 1.47. The average Bonchev–Trinajstić information content (AvgIpc) is 2.22. The molecular weight excluding hydrogens is 228 g/mol. The summed E-state index contributed by atoms with van der Waals surface area (Å²) in [5.74, 6) is 2.51. The van der Waals surface area contributed by atoms with Crippen LogP contribution >= 0.6 is 11.6 Å². The van der Waals surface area contributed by atoms with Gasteiger partial charge in [0.05, 0.1) is 11.0 Å². The average molecular weight is 239 g/mol. The molecule has 4 nitrogen and oxygen atoms in total. The first kappa shape index (κ1) is 12.3. The molecule has 0 radical (unpaired) electrons. The largest absolute Gasteiger partial charge is 0.372 e. The minimum atomic E-state index is -0.510. The van der Waals surface area contributed by atoms with E-state index in [2.05, 4.69) is 11.2 Å². The van der Waals surface area contributed by atoms with Crippen LogP contribution in [0.5, 0.6) is 0 Å². The second-order valence-electron chi connectivity index (χ2n) is 3.41. The van der Waals surface area contributed by atoms with Crippen molar-refractivity contribution in [1.29, 1.82) is 0 Å². The molecule has 0 heterocycles. The molecule has 1 N–H and O–H groups in total. The number of nitro groups is 1. The lowest BCUT2D eigenvalue weighted by Gasteiger charge is -2.12. The van der Waals surface area contributed by atoms with Crippen LogP contribution in [0, 0.1) is 29.4 Å². The van der Waals surface area contributed by atoms with Gasteiger partial charge in [-0.15, -0.1) is 6.42 Å². The SMILES string of the molecule is C#CC(C)Nc1cc(Cl)c([N+](=O)[O-])cc1C. The van der Waals surface area contributed by atoms with Crippen molar-refractivity contribution >= 4 is 23.0 Å². The van der Waals surface area contributed by atoms with Gasteiger partial charge in [-0.3, -0.25) is 10.1 Å². The molecule has 0 amide bonds. The second-order valence-corrected chi connectivity index (χ2v) is 3.82. The third kappa shape index (κ3) is 2.65. The van der Waals surface area contributed by atoms with E-state index in [1.165, 1.54) is 12.1 Å². The summed E-state index contributed by atoms with van der Waals surface area (Å²) in [5.41, 5.74) is 1.34. The summed E-state index contributed by atoms with van der Waals surface area (Å²) in [6.07, 6.45) is 5.23. The topological polar surface area (TPSA) is 55.2 Å². The molecule has 84 valence electrons. The lowest BCUT2D eigenvalue weighted by atomic mass is 10.1. The number of nitrogens with zero attached hydrogens (tertiary/aromatic N) is 1. The van der Waals surface area contributed by atoms with E-state index in [4.69, 9.17) is 18.0 Å². The molecule has 0 saturated carbocycles. The first-order valence-corrected chi connectivity index (χ1v) is 5.00. The molecule has 0 aliphatic carbocycles. The van der Waals surface area contributed by atoms with Gasteiger partial charge in [0, 0.05) is 11.8 Å². The molecule has 0 aromatic heterocycles. The molecule has 1 unspecified atom stereocenters. The Kier molecular flexibility index (Phi) is 3.75. The summed E-state index contributed by atoms with van der Waals surface area (Å²) in [7, 11) is 0. The standard InChI is InChI=1S/C11H11ClN2O2/c1-4-8(3)13-10-6-9(12)11(14(15)16)5-7(10)2/h1,5-6,8,13H,2-3H3. The first-order chi connectivity index (χ1) is 7.45. The van der Waals surface area contributed by atoms with E-state index in [0.717, 1.165) is 5.56 Å². The number of terminal acetylenes is 1. The van der Waals surface area contributed by atoms with Crippen LogP contribution in [0.2, 0.25) is 5.02 Å². The maximum Gasteiger partial charge on any atom is 0.288 e. The Labute approximate surface area is 98.8 Å². The third-order valence-corrected chi connectivity index (χ3v) is 2.42. The number of aryl methyl sites for hydroxylation is 1. The van der Waals surface area contributed by atoms with Gasteiger partial charge in [-0.2, -0.15) is 0 Å². The minimum Gasteiger partial charge on any atom is -0.372 e. The monoisotopic (exact) mass is 238 g/mol. The zero-order chi connectivity index (χ0) is 12.3. The van der Waals surface area contributed by atoms with Gasteiger partial charge >= 0.3 is 0 Å². The van der Waals surface area contributed by atoms with Gasteiger partial charge in [-0.25, -0.2) is 0 Å². The van der Waals surface area contributed by atoms with Crippen molar-refractivity contribution in [2.45, 2.75) is 19.9 Å². The lowest BCUT2D eigenvalue weighted by molar-refractivity contribution is -0.384. The van der Waals surface area contributed by atoms with Gasteiger partial charge in [0.15, 0.2) is 0 Å². The highest BCUT2D eigenvalue weighted by molar-refractivity contribution is 6.33. The van der Waals surface area contributed by atoms with Crippen molar-refractivity contribution in [1.82, 2.24) is 0 Å². The number of anilines is 1. The van der Waals surface area contributed by atoms with Gasteiger partial charge < -0.3 is 5.32 Å². The summed E-state index contributed by atoms with van der Waals surface area (Å²) in [6.45, 7) is 3.57. The Morgan fingerprint density at radius 1 is 1.62 bits per heavy atom. The van der Waals surface area contributed by atoms with Crippen molar-refractivity contribution in [3.63, 3.8) is 0 Å². The third-order valence-electron chi connectivity index (χ3n) is 2.11. The molecule has 0 aliphatic heterocycles. The second kappa shape index (κ2) is 4.86. The van der Waals surface area contributed by atoms with E-state index in [0.29, 0.717) is 5.69 Å². The normalized spacial score (nSPS) is 11.6. The van der Waals surface area contributed by atoms with Crippen molar-refractivity contribution in [2.24, 2.45) is 0 Å². The van der Waals surface area contributed by atoms with Crippen LogP contribution in [0.25, 0.3) is 0 Å². The van der Waals surface area contributed by atoms with E-state index < -0.39 is 4.92 Å². The Hall–Kier alpha value is -1.73. The van der Waals surface area contributed by atoms with Gasteiger partial charge in [-0.1, -0.05) is 17.5 Å². The molecule has 1 rings (SSSR count). The Balaban J connectivity index is 3.11. The Morgan fingerprint density at radius 2 is 2.25 bits per heavy atom. The Bertz CT molecular complexity index is 466. The molecule has 0 bridgehead atoms. The number of nitrogens with one attached hydrogen (secondary N) is 1. The molecule has 1 aromatic rings. The minimum absolute atomic E-state index is 0.0990. The number of nitro benzene ring substituents is 1. The smallest absolute Gasteiger partial charge is 0.288 e. The quantitative estimate of drug-likeness (QED) is 0.500. The summed E-state index contributed by atoms with van der Waals surface area (Å²) in [5, 5.41) is 13.8. The Morgan fingerprint density at radius 3 is 2.75 bits per heavy atom. The maximum atomic E-state index is 10.6. The summed E-state index contributed by atoms with van der Waals surface area (Å²) in [6, 6.07) is 2.78. The van der Waals surface area contributed by atoms with Gasteiger partial charge in [0.1, 0.15) is 5.02 Å². The highest BCUT2D eigenvalue weighted by Gasteiger charge is 2.15. The zero-order valence-corrected chi connectivity index (χ0v) is 9.71. The molecule has 0 aliphatic rings. The molecule has 0 saturated heterocycles. The van der Waals surface area contributed by atoms with Crippen LogP contribution in [0.3, 0.4) is 0 Å². The molecule has 0 spiro atoms. The van der Waals surface area contributed by atoms with Crippen LogP contribution < -0.4 is 5.32 Å². The number of benzene rings is 1. The van der Waals surface area contributed by atoms with Crippen LogP contribution in [0.4, 0.5) is 11.4 Å². The van der Waals surface area contributed by atoms with Crippen molar-refractivity contribution < 1.29 is 4.92 Å². The summed E-state index contributed by atoms with van der Waals surface area (Å²) >= 11 is 5.79. The molecule has 1 aromatic carbocycles. The summed E-state index contributed by atoms with van der Waals surface area (Å²) in [4.78, 5) is 10.1. The van der Waals surface area contributed by atoms with E-state index in [9.17, 15) is 10.1 Å². The number of halogens is 1. The number of rotatable bonds is 3. The van der Waals surface area contributed by atoms with E-state index in [1.54, 1.807) is 6.92 Å². The van der Waals surface area contributed by atoms with Crippen LogP contribution in [-0.2, 0) is 0 Å². The predicted octanol–water partition coefficient (Wildman–Crippen LogP) is 2.99. The van der Waals surface area contributed by atoms with E-state index in [1.807, 2.05) is 6.92 Å². The first-order valence-electron chi connectivity index (χ1n) is 4.63. The number of hydrogen-bond acceptors (Lipinski definition) is 3. The van der Waals surface area contributed by atoms with Crippen LogP contribution in [0.15, 0.2) is 12.1 Å². The predicted molar refractivity (Wildman–Crippen MR) is 64.8 cm³/mol.